The van der Waals surface area contributed by atoms with Crippen molar-refractivity contribution in [2.75, 3.05) is 13.2 Å². The Morgan fingerprint density at radius 2 is 2.04 bits per heavy atom. The quantitative estimate of drug-likeness (QED) is 0.760. The van der Waals surface area contributed by atoms with E-state index < -0.39 is 23.7 Å². The highest BCUT2D eigenvalue weighted by molar-refractivity contribution is 9.10. The van der Waals surface area contributed by atoms with Gasteiger partial charge in [0.1, 0.15) is 5.60 Å². The Kier molecular flexibility index (Phi) is 5.64. The first-order chi connectivity index (χ1) is 10.9. The molecule has 1 heterocycles. The number of carbonyl (C=O) groups is 2. The Hall–Kier alpha value is -1.60. The Morgan fingerprint density at radius 1 is 1.39 bits per heavy atom. The number of likely N-dealkylation sites (tertiary alicyclic amines) is 1. The molecule has 1 aliphatic rings. The molecule has 0 aromatic heterocycles. The number of hydrogen-bond donors (Lipinski definition) is 2. The van der Waals surface area contributed by atoms with E-state index in [1.807, 2.05) is 0 Å². The molecule has 1 aromatic carbocycles. The van der Waals surface area contributed by atoms with Gasteiger partial charge in [0.15, 0.2) is 0 Å². The molecule has 0 saturated carbocycles. The standard InChI is InChI=1S/C16H20BrNO5/c1-2-23-14(19)10-16(22,11-5-7-12(17)8-6-11)13-4-3-9-18(13)15(20)21/h5-8,13,22H,2-4,9-10H2,1H3,(H,20,21)/t13-,16-/m0/s1. The van der Waals surface area contributed by atoms with Crippen LogP contribution < -0.4 is 0 Å². The molecule has 1 aliphatic heterocycles. The highest BCUT2D eigenvalue weighted by atomic mass is 79.9. The van der Waals surface area contributed by atoms with E-state index in [-0.39, 0.29) is 13.0 Å². The summed E-state index contributed by atoms with van der Waals surface area (Å²) >= 11 is 3.33. The summed E-state index contributed by atoms with van der Waals surface area (Å²) in [5.74, 6) is -0.546. The molecular weight excluding hydrogens is 366 g/mol. The molecule has 126 valence electrons. The average molecular weight is 386 g/mol. The van der Waals surface area contributed by atoms with Crippen molar-refractivity contribution in [1.82, 2.24) is 4.90 Å². The largest absolute Gasteiger partial charge is 0.466 e. The van der Waals surface area contributed by atoms with Gasteiger partial charge in [0, 0.05) is 11.0 Å². The van der Waals surface area contributed by atoms with Crippen molar-refractivity contribution in [3.8, 4) is 0 Å². The molecule has 1 aromatic rings. The zero-order valence-corrected chi connectivity index (χ0v) is 14.5. The third kappa shape index (κ3) is 3.84. The minimum absolute atomic E-state index is 0.211. The predicted octanol–water partition coefficient (Wildman–Crippen LogP) is 2.73. The maximum absolute atomic E-state index is 12.0. The summed E-state index contributed by atoms with van der Waals surface area (Å²) in [6, 6.07) is 6.23. The number of aliphatic hydroxyl groups is 1. The fourth-order valence-corrected chi connectivity index (χ4v) is 3.34. The van der Waals surface area contributed by atoms with Crippen molar-refractivity contribution in [3.05, 3.63) is 34.3 Å². The van der Waals surface area contributed by atoms with E-state index in [0.29, 0.717) is 24.9 Å². The predicted molar refractivity (Wildman–Crippen MR) is 87.0 cm³/mol. The van der Waals surface area contributed by atoms with E-state index in [0.717, 1.165) is 4.47 Å². The lowest BCUT2D eigenvalue weighted by Crippen LogP contribution is -2.50. The van der Waals surface area contributed by atoms with Crippen LogP contribution in [0.2, 0.25) is 0 Å². The second kappa shape index (κ2) is 7.31. The smallest absolute Gasteiger partial charge is 0.407 e. The molecule has 0 unspecified atom stereocenters. The van der Waals surface area contributed by atoms with Gasteiger partial charge in [-0.3, -0.25) is 4.79 Å². The van der Waals surface area contributed by atoms with E-state index in [9.17, 15) is 19.8 Å². The van der Waals surface area contributed by atoms with Crippen LogP contribution in [0, 0.1) is 0 Å². The minimum Gasteiger partial charge on any atom is -0.466 e. The number of amides is 1. The van der Waals surface area contributed by atoms with Crippen LogP contribution >= 0.6 is 15.9 Å². The molecule has 0 aliphatic carbocycles. The van der Waals surface area contributed by atoms with Gasteiger partial charge in [0.25, 0.3) is 0 Å². The first-order valence-corrected chi connectivity index (χ1v) is 8.31. The van der Waals surface area contributed by atoms with E-state index in [1.165, 1.54) is 4.90 Å². The summed E-state index contributed by atoms with van der Waals surface area (Å²) in [6.45, 7) is 2.25. The van der Waals surface area contributed by atoms with Crippen molar-refractivity contribution in [3.63, 3.8) is 0 Å². The van der Waals surface area contributed by atoms with Crippen LogP contribution in [0.3, 0.4) is 0 Å². The van der Waals surface area contributed by atoms with Crippen LogP contribution in [0.1, 0.15) is 31.7 Å². The van der Waals surface area contributed by atoms with Gasteiger partial charge in [0.2, 0.25) is 0 Å². The summed E-state index contributed by atoms with van der Waals surface area (Å²) in [5, 5.41) is 20.6. The van der Waals surface area contributed by atoms with Crippen LogP contribution in [0.15, 0.2) is 28.7 Å². The fourth-order valence-electron chi connectivity index (χ4n) is 3.08. The number of benzene rings is 1. The third-order valence-electron chi connectivity index (χ3n) is 4.11. The van der Waals surface area contributed by atoms with E-state index in [2.05, 4.69) is 15.9 Å². The summed E-state index contributed by atoms with van der Waals surface area (Å²) in [5.41, 5.74) is -1.10. The second-order valence-electron chi connectivity index (χ2n) is 5.55. The molecule has 1 fully saturated rings. The van der Waals surface area contributed by atoms with E-state index >= 15 is 0 Å². The molecule has 6 nitrogen and oxygen atoms in total. The number of hydrogen-bond acceptors (Lipinski definition) is 4. The van der Waals surface area contributed by atoms with Gasteiger partial charge in [-0.1, -0.05) is 28.1 Å². The number of ether oxygens (including phenoxy) is 1. The lowest BCUT2D eigenvalue weighted by Gasteiger charge is -2.37. The van der Waals surface area contributed by atoms with E-state index in [4.69, 9.17) is 4.74 Å². The molecular formula is C16H20BrNO5. The van der Waals surface area contributed by atoms with Gasteiger partial charge in [-0.15, -0.1) is 0 Å². The van der Waals surface area contributed by atoms with Crippen molar-refractivity contribution in [2.24, 2.45) is 0 Å². The molecule has 23 heavy (non-hydrogen) atoms. The van der Waals surface area contributed by atoms with Crippen molar-refractivity contribution in [2.45, 2.75) is 37.8 Å². The highest BCUT2D eigenvalue weighted by Crippen LogP contribution is 2.38. The van der Waals surface area contributed by atoms with Gasteiger partial charge >= 0.3 is 12.1 Å². The second-order valence-corrected chi connectivity index (χ2v) is 6.46. The van der Waals surface area contributed by atoms with Crippen LogP contribution in [0.5, 0.6) is 0 Å². The zero-order chi connectivity index (χ0) is 17.0. The molecule has 2 rings (SSSR count). The molecule has 0 spiro atoms. The molecule has 2 N–H and O–H groups in total. The van der Waals surface area contributed by atoms with Crippen molar-refractivity contribution >= 4 is 28.0 Å². The van der Waals surface area contributed by atoms with Gasteiger partial charge < -0.3 is 19.8 Å². The average Bonchev–Trinajstić information content (AvgIpc) is 2.98. The maximum Gasteiger partial charge on any atom is 0.407 e. The van der Waals surface area contributed by atoms with Crippen LogP contribution in [-0.4, -0.2) is 46.4 Å². The first kappa shape index (κ1) is 17.7. The normalized spacial score (nSPS) is 20.1. The third-order valence-corrected chi connectivity index (χ3v) is 4.64. The summed E-state index contributed by atoms with van der Waals surface area (Å²) < 4.78 is 5.80. The highest BCUT2D eigenvalue weighted by Gasteiger charge is 2.47. The number of carboxylic acid groups (broad SMARTS) is 1. The topological polar surface area (TPSA) is 87.1 Å². The number of carbonyl (C=O) groups excluding carboxylic acids is 1. The number of esters is 1. The SMILES string of the molecule is CCOC(=O)C[C@](O)(c1ccc(Br)cc1)[C@@H]1CCCN1C(=O)O. The Balaban J connectivity index is 2.39. The molecule has 0 bridgehead atoms. The number of rotatable bonds is 5. The molecule has 2 atom stereocenters. The molecule has 0 radical (unpaired) electrons. The fraction of sp³-hybridized carbons (Fsp3) is 0.500. The van der Waals surface area contributed by atoms with Crippen molar-refractivity contribution in [1.29, 1.82) is 0 Å². The van der Waals surface area contributed by atoms with Gasteiger partial charge in [-0.25, -0.2) is 4.79 Å². The number of nitrogens with zero attached hydrogens (tertiary/aromatic N) is 1. The zero-order valence-electron chi connectivity index (χ0n) is 12.9. The first-order valence-electron chi connectivity index (χ1n) is 7.52. The Labute approximate surface area is 143 Å². The van der Waals surface area contributed by atoms with Crippen LogP contribution in [0.25, 0.3) is 0 Å². The summed E-state index contributed by atoms with van der Waals surface area (Å²) in [7, 11) is 0. The summed E-state index contributed by atoms with van der Waals surface area (Å²) in [6.07, 6.45) is -0.222. The Bertz CT molecular complexity index is 576. The van der Waals surface area contributed by atoms with Gasteiger partial charge in [-0.2, -0.15) is 0 Å². The minimum atomic E-state index is -1.61. The number of halogens is 1. The summed E-state index contributed by atoms with van der Waals surface area (Å²) in [4.78, 5) is 24.6. The van der Waals surface area contributed by atoms with Crippen LogP contribution in [0.4, 0.5) is 4.79 Å². The van der Waals surface area contributed by atoms with E-state index in [1.54, 1.807) is 31.2 Å². The monoisotopic (exact) mass is 385 g/mol. The Morgan fingerprint density at radius 3 is 2.61 bits per heavy atom. The lowest BCUT2D eigenvalue weighted by atomic mass is 9.82. The molecule has 7 heteroatoms. The molecule has 1 amide bonds. The van der Waals surface area contributed by atoms with Crippen LogP contribution in [-0.2, 0) is 15.1 Å². The maximum atomic E-state index is 12.0. The molecule has 1 saturated heterocycles. The lowest BCUT2D eigenvalue weighted by molar-refractivity contribution is -0.152. The van der Waals surface area contributed by atoms with Crippen molar-refractivity contribution < 1.29 is 24.5 Å². The van der Waals surface area contributed by atoms with Gasteiger partial charge in [0.05, 0.1) is 19.1 Å². The van der Waals surface area contributed by atoms with Gasteiger partial charge in [-0.05, 0) is 37.5 Å².